The van der Waals surface area contributed by atoms with Crippen LogP contribution in [0.4, 0.5) is 0 Å². The fourth-order valence-corrected chi connectivity index (χ4v) is 2.11. The zero-order valence-electron chi connectivity index (χ0n) is 9.43. The first kappa shape index (κ1) is 10.4. The Kier molecular flexibility index (Phi) is 2.80. The molecule has 0 saturated heterocycles. The number of hydrogen-bond acceptors (Lipinski definition) is 4. The molecule has 0 fully saturated rings. The summed E-state index contributed by atoms with van der Waals surface area (Å²) in [6.07, 6.45) is 4.17. The minimum atomic E-state index is 0.324. The molecule has 1 aromatic carbocycles. The van der Waals surface area contributed by atoms with Gasteiger partial charge < -0.3 is 14.5 Å². The number of para-hydroxylation sites is 1. The summed E-state index contributed by atoms with van der Waals surface area (Å²) >= 11 is 0. The maximum atomic E-state index is 5.61. The fraction of sp³-hybridized carbons (Fsp3) is 0.308. The average molecular weight is 230 g/mol. The van der Waals surface area contributed by atoms with E-state index in [1.807, 2.05) is 18.2 Å². The van der Waals surface area contributed by atoms with Crippen molar-refractivity contribution in [1.82, 2.24) is 10.3 Å². The normalized spacial score (nSPS) is 18.5. The van der Waals surface area contributed by atoms with Gasteiger partial charge in [-0.05, 0) is 6.07 Å². The number of ether oxygens (including phenoxy) is 1. The molecule has 4 nitrogen and oxygen atoms in total. The van der Waals surface area contributed by atoms with Gasteiger partial charge in [-0.25, -0.2) is 4.98 Å². The van der Waals surface area contributed by atoms with Crippen LogP contribution in [0.2, 0.25) is 0 Å². The lowest BCUT2D eigenvalue weighted by molar-refractivity contribution is 0.250. The minimum Gasteiger partial charge on any atom is -0.493 e. The summed E-state index contributed by atoms with van der Waals surface area (Å²) in [5.74, 6) is 1.84. The maximum Gasteiger partial charge on any atom is 0.180 e. The number of hydrogen-bond donors (Lipinski definition) is 1. The fourth-order valence-electron chi connectivity index (χ4n) is 2.11. The molecular formula is C13H14N2O2. The largest absolute Gasteiger partial charge is 0.493 e. The highest BCUT2D eigenvalue weighted by Crippen LogP contribution is 2.31. The number of rotatable bonds is 3. The number of benzene rings is 1. The molecule has 0 radical (unpaired) electrons. The van der Waals surface area contributed by atoms with Gasteiger partial charge in [0.15, 0.2) is 6.39 Å². The van der Waals surface area contributed by atoms with Crippen LogP contribution in [0.15, 0.2) is 41.3 Å². The number of oxazole rings is 1. The Balaban J connectivity index is 1.72. The summed E-state index contributed by atoms with van der Waals surface area (Å²) < 4.78 is 10.8. The first-order chi connectivity index (χ1) is 8.43. The lowest BCUT2D eigenvalue weighted by Gasteiger charge is -2.26. The van der Waals surface area contributed by atoms with Gasteiger partial charge in [-0.2, -0.15) is 0 Å². The Hall–Kier alpha value is -1.81. The van der Waals surface area contributed by atoms with Crippen LogP contribution < -0.4 is 10.1 Å². The van der Waals surface area contributed by atoms with Crippen molar-refractivity contribution in [3.8, 4) is 5.75 Å². The van der Waals surface area contributed by atoms with E-state index >= 15 is 0 Å². The Bertz CT molecular complexity index is 482. The lowest BCUT2D eigenvalue weighted by Crippen LogP contribution is -2.26. The smallest absolute Gasteiger partial charge is 0.180 e. The highest BCUT2D eigenvalue weighted by molar-refractivity contribution is 5.37. The van der Waals surface area contributed by atoms with Gasteiger partial charge in [0.25, 0.3) is 0 Å². The van der Waals surface area contributed by atoms with E-state index in [2.05, 4.69) is 16.4 Å². The zero-order valence-corrected chi connectivity index (χ0v) is 9.43. The molecule has 1 unspecified atom stereocenters. The molecule has 1 aromatic heterocycles. The molecule has 1 atom stereocenters. The minimum absolute atomic E-state index is 0.324. The molecule has 0 aliphatic carbocycles. The molecule has 2 heterocycles. The Labute approximate surface area is 99.6 Å². The molecule has 1 N–H and O–H groups in total. The standard InChI is InChI=1S/C13H14N2O2/c1-2-4-13-11(3-1)12(5-6-16-13)15-8-10-7-14-9-17-10/h1-4,7,9,12,15H,5-6,8H2. The number of nitrogens with zero attached hydrogens (tertiary/aromatic N) is 1. The average Bonchev–Trinajstić information content (AvgIpc) is 2.89. The van der Waals surface area contributed by atoms with Crippen LogP contribution in [0.5, 0.6) is 5.75 Å². The Morgan fingerprint density at radius 3 is 3.18 bits per heavy atom. The molecule has 1 aliphatic rings. The van der Waals surface area contributed by atoms with Crippen molar-refractivity contribution in [2.45, 2.75) is 19.0 Å². The van der Waals surface area contributed by atoms with E-state index in [4.69, 9.17) is 9.15 Å². The molecule has 3 rings (SSSR count). The monoisotopic (exact) mass is 230 g/mol. The van der Waals surface area contributed by atoms with Crippen LogP contribution in [-0.2, 0) is 6.54 Å². The SMILES string of the molecule is c1ccc2c(c1)OCCC2NCc1cnco1. The van der Waals surface area contributed by atoms with Gasteiger partial charge in [0.1, 0.15) is 11.5 Å². The Morgan fingerprint density at radius 2 is 2.29 bits per heavy atom. The highest BCUT2D eigenvalue weighted by atomic mass is 16.5. The zero-order chi connectivity index (χ0) is 11.5. The van der Waals surface area contributed by atoms with Crippen molar-refractivity contribution in [1.29, 1.82) is 0 Å². The molecular weight excluding hydrogens is 216 g/mol. The van der Waals surface area contributed by atoms with Gasteiger partial charge in [0.05, 0.1) is 19.3 Å². The van der Waals surface area contributed by atoms with Crippen LogP contribution in [-0.4, -0.2) is 11.6 Å². The summed E-state index contributed by atoms with van der Waals surface area (Å²) in [5, 5.41) is 3.47. The number of aromatic nitrogens is 1. The van der Waals surface area contributed by atoms with Crippen molar-refractivity contribution in [2.24, 2.45) is 0 Å². The summed E-state index contributed by atoms with van der Waals surface area (Å²) in [6, 6.07) is 8.48. The third kappa shape index (κ3) is 2.17. The van der Waals surface area contributed by atoms with E-state index < -0.39 is 0 Å². The van der Waals surface area contributed by atoms with Crippen LogP contribution >= 0.6 is 0 Å². The second-order valence-corrected chi connectivity index (χ2v) is 4.08. The highest BCUT2D eigenvalue weighted by Gasteiger charge is 2.20. The van der Waals surface area contributed by atoms with Crippen LogP contribution in [0.3, 0.4) is 0 Å². The third-order valence-corrected chi connectivity index (χ3v) is 2.96. The van der Waals surface area contributed by atoms with Gasteiger partial charge >= 0.3 is 0 Å². The van der Waals surface area contributed by atoms with Crippen molar-refractivity contribution in [2.75, 3.05) is 6.61 Å². The van der Waals surface area contributed by atoms with E-state index in [1.54, 1.807) is 6.20 Å². The quantitative estimate of drug-likeness (QED) is 0.878. The molecule has 0 spiro atoms. The second kappa shape index (κ2) is 4.59. The first-order valence-electron chi connectivity index (χ1n) is 5.76. The molecule has 0 saturated carbocycles. The molecule has 1 aliphatic heterocycles. The summed E-state index contributed by atoms with van der Waals surface area (Å²) in [6.45, 7) is 1.45. The van der Waals surface area contributed by atoms with E-state index in [9.17, 15) is 0 Å². The van der Waals surface area contributed by atoms with E-state index in [-0.39, 0.29) is 0 Å². The van der Waals surface area contributed by atoms with Crippen LogP contribution in [0.25, 0.3) is 0 Å². The Morgan fingerprint density at radius 1 is 1.35 bits per heavy atom. The van der Waals surface area contributed by atoms with Gasteiger partial charge in [-0.3, -0.25) is 0 Å². The summed E-state index contributed by atoms with van der Waals surface area (Å²) in [4.78, 5) is 3.90. The van der Waals surface area contributed by atoms with Crippen molar-refractivity contribution in [3.63, 3.8) is 0 Å². The number of nitrogens with one attached hydrogen (secondary N) is 1. The summed E-state index contributed by atoms with van der Waals surface area (Å²) in [7, 11) is 0. The molecule has 0 amide bonds. The van der Waals surface area contributed by atoms with E-state index in [0.29, 0.717) is 12.6 Å². The predicted octanol–water partition coefficient (Wildman–Crippen LogP) is 2.29. The topological polar surface area (TPSA) is 47.3 Å². The van der Waals surface area contributed by atoms with Gasteiger partial charge in [-0.1, -0.05) is 18.2 Å². The lowest BCUT2D eigenvalue weighted by atomic mass is 10.0. The molecule has 4 heteroatoms. The van der Waals surface area contributed by atoms with Crippen LogP contribution in [0.1, 0.15) is 23.8 Å². The third-order valence-electron chi connectivity index (χ3n) is 2.96. The van der Waals surface area contributed by atoms with Crippen molar-refractivity contribution >= 4 is 0 Å². The molecule has 17 heavy (non-hydrogen) atoms. The van der Waals surface area contributed by atoms with Crippen molar-refractivity contribution < 1.29 is 9.15 Å². The maximum absolute atomic E-state index is 5.61. The van der Waals surface area contributed by atoms with Crippen LogP contribution in [0, 0.1) is 0 Å². The first-order valence-corrected chi connectivity index (χ1v) is 5.76. The van der Waals surface area contributed by atoms with Gasteiger partial charge in [0, 0.05) is 18.0 Å². The van der Waals surface area contributed by atoms with Gasteiger partial charge in [0.2, 0.25) is 0 Å². The predicted molar refractivity (Wildman–Crippen MR) is 62.6 cm³/mol. The summed E-state index contributed by atoms with van der Waals surface area (Å²) in [5.41, 5.74) is 1.22. The number of fused-ring (bicyclic) bond motifs is 1. The van der Waals surface area contributed by atoms with Crippen molar-refractivity contribution in [3.05, 3.63) is 48.2 Å². The molecule has 88 valence electrons. The molecule has 2 aromatic rings. The van der Waals surface area contributed by atoms with E-state index in [1.165, 1.54) is 12.0 Å². The van der Waals surface area contributed by atoms with E-state index in [0.717, 1.165) is 24.5 Å². The second-order valence-electron chi connectivity index (χ2n) is 4.08. The van der Waals surface area contributed by atoms with Gasteiger partial charge in [-0.15, -0.1) is 0 Å². The molecule has 0 bridgehead atoms.